The molecule has 2 amide bonds. The minimum absolute atomic E-state index is 0.0520. The molecule has 1 fully saturated rings. The third kappa shape index (κ3) is 4.27. The molecule has 1 saturated heterocycles. The van der Waals surface area contributed by atoms with Gasteiger partial charge in [0.05, 0.1) is 0 Å². The van der Waals surface area contributed by atoms with Crippen molar-refractivity contribution in [1.29, 1.82) is 0 Å². The zero-order valence-electron chi connectivity index (χ0n) is 15.9. The van der Waals surface area contributed by atoms with Gasteiger partial charge in [-0.15, -0.1) is 0 Å². The highest BCUT2D eigenvalue weighted by molar-refractivity contribution is 5.99. The summed E-state index contributed by atoms with van der Waals surface area (Å²) in [6, 6.07) is 5.74. The number of likely N-dealkylation sites (tertiary alicyclic amines) is 1. The lowest BCUT2D eigenvalue weighted by Gasteiger charge is -2.32. The molecule has 8 heteroatoms. The molecule has 1 aliphatic heterocycles. The maximum absolute atomic E-state index is 12.6. The monoisotopic (exact) mass is 386 g/mol. The van der Waals surface area contributed by atoms with Gasteiger partial charge in [-0.25, -0.2) is 0 Å². The molecular formula is C20H26N4O4. The minimum atomic E-state index is -0.372. The van der Waals surface area contributed by atoms with E-state index in [1.165, 1.54) is 18.2 Å². The van der Waals surface area contributed by atoms with Gasteiger partial charge in [-0.05, 0) is 43.4 Å². The molecule has 1 aliphatic rings. The Balaban J connectivity index is 1.50. The maximum atomic E-state index is 12.6. The summed E-state index contributed by atoms with van der Waals surface area (Å²) in [4.78, 5) is 26.7. The molecule has 0 spiro atoms. The first-order chi connectivity index (χ1) is 13.5. The van der Waals surface area contributed by atoms with Gasteiger partial charge < -0.3 is 20.4 Å². The van der Waals surface area contributed by atoms with Crippen LogP contribution in [0.4, 0.5) is 0 Å². The first-order valence-corrected chi connectivity index (χ1v) is 9.58. The highest BCUT2D eigenvalue weighted by Gasteiger charge is 2.28. The number of aromatic hydroxyl groups is 2. The molecule has 150 valence electrons. The average molecular weight is 386 g/mol. The van der Waals surface area contributed by atoms with Gasteiger partial charge in [-0.3, -0.25) is 14.3 Å². The molecule has 8 nitrogen and oxygen atoms in total. The lowest BCUT2D eigenvalue weighted by molar-refractivity contribution is -0.125. The number of nitrogens with one attached hydrogen (secondary N) is 1. The smallest absolute Gasteiger partial charge is 0.261 e. The van der Waals surface area contributed by atoms with Crippen molar-refractivity contribution in [3.8, 4) is 11.5 Å². The molecule has 0 radical (unpaired) electrons. The van der Waals surface area contributed by atoms with E-state index in [0.29, 0.717) is 26.1 Å². The minimum Gasteiger partial charge on any atom is -0.507 e. The molecule has 2 aromatic rings. The van der Waals surface area contributed by atoms with Gasteiger partial charge in [0.1, 0.15) is 23.1 Å². The Morgan fingerprint density at radius 3 is 2.46 bits per heavy atom. The van der Waals surface area contributed by atoms with Gasteiger partial charge in [-0.2, -0.15) is 5.10 Å². The number of benzene rings is 1. The molecule has 1 aromatic heterocycles. The Bertz CT molecular complexity index is 793. The van der Waals surface area contributed by atoms with Crippen molar-refractivity contribution in [1.82, 2.24) is 20.0 Å². The number of hydrogen-bond donors (Lipinski definition) is 3. The second-order valence-electron chi connectivity index (χ2n) is 7.06. The number of rotatable bonds is 6. The van der Waals surface area contributed by atoms with Crippen LogP contribution in [-0.2, 0) is 4.79 Å². The molecule has 1 aromatic carbocycles. The number of carbonyl (C=O) groups excluding carboxylic acids is 2. The van der Waals surface area contributed by atoms with E-state index < -0.39 is 0 Å². The van der Waals surface area contributed by atoms with E-state index in [2.05, 4.69) is 10.4 Å². The molecule has 1 unspecified atom stereocenters. The van der Waals surface area contributed by atoms with Crippen LogP contribution in [0.1, 0.15) is 42.6 Å². The van der Waals surface area contributed by atoms with E-state index in [-0.39, 0.29) is 40.8 Å². The zero-order chi connectivity index (χ0) is 20.1. The van der Waals surface area contributed by atoms with E-state index in [1.54, 1.807) is 28.0 Å². The number of piperidine rings is 1. The third-order valence-electron chi connectivity index (χ3n) is 5.23. The molecule has 1 atom stereocenters. The summed E-state index contributed by atoms with van der Waals surface area (Å²) in [6.45, 7) is 3.54. The first kappa shape index (κ1) is 19.7. The summed E-state index contributed by atoms with van der Waals surface area (Å²) < 4.78 is 1.66. The van der Waals surface area contributed by atoms with Crippen molar-refractivity contribution in [2.24, 2.45) is 5.92 Å². The Kier molecular flexibility index (Phi) is 6.18. The Morgan fingerprint density at radius 2 is 1.89 bits per heavy atom. The highest BCUT2D eigenvalue weighted by Crippen LogP contribution is 2.29. The molecule has 28 heavy (non-hydrogen) atoms. The third-order valence-corrected chi connectivity index (χ3v) is 5.23. The number of carbonyl (C=O) groups is 2. The van der Waals surface area contributed by atoms with Crippen molar-refractivity contribution in [2.75, 3.05) is 19.6 Å². The highest BCUT2D eigenvalue weighted by atomic mass is 16.3. The van der Waals surface area contributed by atoms with Gasteiger partial charge in [0.25, 0.3) is 5.91 Å². The molecular weight excluding hydrogens is 360 g/mol. The normalized spacial score (nSPS) is 16.0. The standard InChI is InChI=1S/C20H26N4O4/c1-2-15(24-10-4-9-22-24)19(27)21-13-14-7-11-23(12-8-14)20(28)18-16(25)5-3-6-17(18)26/h3-6,9-10,14-15,25-26H,2,7-8,11-13H2,1H3,(H,21,27). The van der Waals surface area contributed by atoms with Crippen molar-refractivity contribution >= 4 is 11.8 Å². The van der Waals surface area contributed by atoms with Crippen LogP contribution in [0.15, 0.2) is 36.7 Å². The summed E-state index contributed by atoms with van der Waals surface area (Å²) in [5.41, 5.74) is -0.0562. The van der Waals surface area contributed by atoms with E-state index >= 15 is 0 Å². The molecule has 2 heterocycles. The van der Waals surface area contributed by atoms with E-state index in [9.17, 15) is 19.8 Å². The van der Waals surface area contributed by atoms with Crippen molar-refractivity contribution in [2.45, 2.75) is 32.2 Å². The zero-order valence-corrected chi connectivity index (χ0v) is 15.9. The van der Waals surface area contributed by atoms with Crippen molar-refractivity contribution < 1.29 is 19.8 Å². The summed E-state index contributed by atoms with van der Waals surface area (Å²) in [5, 5.41) is 26.9. The summed E-state index contributed by atoms with van der Waals surface area (Å²) >= 11 is 0. The topological polar surface area (TPSA) is 108 Å². The number of phenolic OH excluding ortho intramolecular Hbond substituents is 2. The van der Waals surface area contributed by atoms with E-state index in [1.807, 2.05) is 6.92 Å². The number of nitrogens with zero attached hydrogens (tertiary/aromatic N) is 3. The van der Waals surface area contributed by atoms with Crippen molar-refractivity contribution in [3.63, 3.8) is 0 Å². The fourth-order valence-electron chi connectivity index (χ4n) is 3.57. The van der Waals surface area contributed by atoms with Crippen LogP contribution in [0.25, 0.3) is 0 Å². The van der Waals surface area contributed by atoms with Crippen LogP contribution < -0.4 is 5.32 Å². The Labute approximate surface area is 163 Å². The number of amides is 2. The second kappa shape index (κ2) is 8.77. The fraction of sp³-hybridized carbons (Fsp3) is 0.450. The van der Waals surface area contributed by atoms with E-state index in [0.717, 1.165) is 12.8 Å². The second-order valence-corrected chi connectivity index (χ2v) is 7.06. The van der Waals surface area contributed by atoms with E-state index in [4.69, 9.17) is 0 Å². The Hall–Kier alpha value is -3.03. The van der Waals surface area contributed by atoms with Crippen LogP contribution in [0, 0.1) is 5.92 Å². The lowest BCUT2D eigenvalue weighted by atomic mass is 9.96. The molecule has 0 saturated carbocycles. The van der Waals surface area contributed by atoms with Crippen LogP contribution in [-0.4, -0.2) is 56.3 Å². The van der Waals surface area contributed by atoms with Crippen molar-refractivity contribution in [3.05, 3.63) is 42.2 Å². The molecule has 3 N–H and O–H groups in total. The number of phenols is 2. The molecule has 0 aliphatic carbocycles. The number of hydrogen-bond acceptors (Lipinski definition) is 5. The average Bonchev–Trinajstić information content (AvgIpc) is 3.21. The largest absolute Gasteiger partial charge is 0.507 e. The summed E-state index contributed by atoms with van der Waals surface area (Å²) in [6.07, 6.45) is 5.60. The first-order valence-electron chi connectivity index (χ1n) is 9.58. The van der Waals surface area contributed by atoms with Crippen LogP contribution in [0.2, 0.25) is 0 Å². The summed E-state index contributed by atoms with van der Waals surface area (Å²) in [5.74, 6) is -0.583. The van der Waals surface area contributed by atoms with Gasteiger partial charge in [0.15, 0.2) is 0 Å². The predicted molar refractivity (Wildman–Crippen MR) is 103 cm³/mol. The van der Waals surface area contributed by atoms with Gasteiger partial charge >= 0.3 is 0 Å². The van der Waals surface area contributed by atoms with Gasteiger partial charge in [0.2, 0.25) is 5.91 Å². The van der Waals surface area contributed by atoms with Gasteiger partial charge in [-0.1, -0.05) is 13.0 Å². The van der Waals surface area contributed by atoms with Crippen LogP contribution >= 0.6 is 0 Å². The lowest BCUT2D eigenvalue weighted by Crippen LogP contribution is -2.42. The molecule has 0 bridgehead atoms. The SMILES string of the molecule is CCC(C(=O)NCC1CCN(C(=O)c2c(O)cccc2O)CC1)n1cccn1. The number of aromatic nitrogens is 2. The Morgan fingerprint density at radius 1 is 1.21 bits per heavy atom. The fourth-order valence-corrected chi connectivity index (χ4v) is 3.57. The van der Waals surface area contributed by atoms with Crippen LogP contribution in [0.5, 0.6) is 11.5 Å². The molecule has 3 rings (SSSR count). The van der Waals surface area contributed by atoms with Crippen LogP contribution in [0.3, 0.4) is 0 Å². The quantitative estimate of drug-likeness (QED) is 0.703. The predicted octanol–water partition coefficient (Wildman–Crippen LogP) is 1.91. The summed E-state index contributed by atoms with van der Waals surface area (Å²) in [7, 11) is 0. The van der Waals surface area contributed by atoms with Gasteiger partial charge in [0, 0.05) is 32.0 Å². The maximum Gasteiger partial charge on any atom is 0.261 e.